The lowest BCUT2D eigenvalue weighted by Crippen LogP contribution is -2.59. The summed E-state index contributed by atoms with van der Waals surface area (Å²) >= 11 is 4.00. The highest BCUT2D eigenvalue weighted by molar-refractivity contribution is 7.80. The van der Waals surface area contributed by atoms with Gasteiger partial charge in [0.15, 0.2) is 0 Å². The van der Waals surface area contributed by atoms with Gasteiger partial charge in [0.25, 0.3) is 0 Å². The summed E-state index contributed by atoms with van der Waals surface area (Å²) in [5.74, 6) is -3.59. The Hall–Kier alpha value is -1.85. The molecular weight excluding hydrogens is 364 g/mol. The smallest absolute Gasteiger partial charge is 0.325 e. The van der Waals surface area contributed by atoms with Gasteiger partial charge in [0.05, 0.1) is 6.61 Å². The van der Waals surface area contributed by atoms with Gasteiger partial charge in [-0.2, -0.15) is 12.6 Å². The molecule has 0 aromatic heterocycles. The standard InChI is InChI=1S/C15H28N4O6S/c1-4-7(2)11(19-12(21)9(16)5-20)14(23)18-10(6-26)13(22)17-8(3)15(24)25/h7-11,20,26H,4-6,16H2,1-3H3,(H,17,22)(H,18,23)(H,19,21)(H,24,25)/t7-,8-,9-,10-,11-/m0/s1. The van der Waals surface area contributed by atoms with Crippen molar-refractivity contribution in [1.29, 1.82) is 0 Å². The first-order valence-electron chi connectivity index (χ1n) is 8.20. The van der Waals surface area contributed by atoms with Gasteiger partial charge in [-0.25, -0.2) is 0 Å². The lowest BCUT2D eigenvalue weighted by atomic mass is 9.97. The van der Waals surface area contributed by atoms with Crippen molar-refractivity contribution >= 4 is 36.3 Å². The van der Waals surface area contributed by atoms with Gasteiger partial charge < -0.3 is 31.9 Å². The van der Waals surface area contributed by atoms with Gasteiger partial charge in [-0.05, 0) is 12.8 Å². The highest BCUT2D eigenvalue weighted by Crippen LogP contribution is 2.09. The first-order valence-corrected chi connectivity index (χ1v) is 8.83. The minimum absolute atomic E-state index is 0.0682. The molecule has 0 fully saturated rings. The van der Waals surface area contributed by atoms with Gasteiger partial charge in [-0.15, -0.1) is 0 Å². The summed E-state index contributed by atoms with van der Waals surface area (Å²) in [6.07, 6.45) is 0.556. The third kappa shape index (κ3) is 7.58. The SMILES string of the molecule is CC[C@H](C)[C@H](NC(=O)[C@@H](N)CO)C(=O)N[C@@H](CS)C(=O)N[C@@H](C)C(=O)O. The maximum Gasteiger partial charge on any atom is 0.325 e. The molecule has 0 aliphatic heterocycles. The first-order chi connectivity index (χ1) is 12.1. The summed E-state index contributed by atoms with van der Waals surface area (Å²) in [5.41, 5.74) is 5.44. The van der Waals surface area contributed by atoms with Gasteiger partial charge in [-0.3, -0.25) is 19.2 Å². The number of aliphatic hydroxyl groups excluding tert-OH is 1. The van der Waals surface area contributed by atoms with E-state index < -0.39 is 54.5 Å². The number of carbonyl (C=O) groups excluding carboxylic acids is 3. The molecule has 150 valence electrons. The fourth-order valence-corrected chi connectivity index (χ4v) is 2.13. The van der Waals surface area contributed by atoms with E-state index in [-0.39, 0.29) is 11.7 Å². The van der Waals surface area contributed by atoms with Crippen molar-refractivity contribution in [3.63, 3.8) is 0 Å². The Kier molecular flexibility index (Phi) is 10.9. The largest absolute Gasteiger partial charge is 0.480 e. The molecule has 0 spiro atoms. The quantitative estimate of drug-likeness (QED) is 0.196. The van der Waals surface area contributed by atoms with E-state index in [1.807, 2.05) is 6.92 Å². The number of rotatable bonds is 11. The minimum Gasteiger partial charge on any atom is -0.480 e. The van der Waals surface area contributed by atoms with Crippen LogP contribution in [0.5, 0.6) is 0 Å². The monoisotopic (exact) mass is 392 g/mol. The number of amides is 3. The van der Waals surface area contributed by atoms with Crippen LogP contribution < -0.4 is 21.7 Å². The number of hydrogen-bond donors (Lipinski definition) is 7. The van der Waals surface area contributed by atoms with Crippen LogP contribution in [0.1, 0.15) is 27.2 Å². The van der Waals surface area contributed by atoms with E-state index in [0.717, 1.165) is 0 Å². The fraction of sp³-hybridized carbons (Fsp3) is 0.733. The van der Waals surface area contributed by atoms with E-state index >= 15 is 0 Å². The molecule has 0 radical (unpaired) electrons. The van der Waals surface area contributed by atoms with Gasteiger partial charge in [0.2, 0.25) is 17.7 Å². The summed E-state index contributed by atoms with van der Waals surface area (Å²) in [7, 11) is 0. The number of aliphatic hydroxyl groups is 1. The second-order valence-electron chi connectivity index (χ2n) is 5.97. The van der Waals surface area contributed by atoms with E-state index in [1.165, 1.54) is 6.92 Å². The number of carboxylic acid groups (broad SMARTS) is 1. The van der Waals surface area contributed by atoms with Gasteiger partial charge in [-0.1, -0.05) is 20.3 Å². The molecular formula is C15H28N4O6S. The molecule has 5 atom stereocenters. The highest BCUT2D eigenvalue weighted by Gasteiger charge is 2.31. The molecule has 0 saturated heterocycles. The van der Waals surface area contributed by atoms with Crippen molar-refractivity contribution in [2.75, 3.05) is 12.4 Å². The summed E-state index contributed by atoms with van der Waals surface area (Å²) in [6, 6.07) is -4.36. The molecule has 0 saturated carbocycles. The van der Waals surface area contributed by atoms with Gasteiger partial charge >= 0.3 is 5.97 Å². The van der Waals surface area contributed by atoms with E-state index in [2.05, 4.69) is 28.6 Å². The molecule has 26 heavy (non-hydrogen) atoms. The fourth-order valence-electron chi connectivity index (χ4n) is 1.88. The van der Waals surface area contributed by atoms with E-state index in [9.17, 15) is 19.2 Å². The minimum atomic E-state index is -1.22. The summed E-state index contributed by atoms with van der Waals surface area (Å²) < 4.78 is 0. The van der Waals surface area contributed by atoms with Crippen LogP contribution in [-0.2, 0) is 19.2 Å². The average molecular weight is 392 g/mol. The Morgan fingerprint density at radius 2 is 1.62 bits per heavy atom. The molecule has 0 bridgehead atoms. The molecule has 0 aliphatic rings. The zero-order valence-electron chi connectivity index (χ0n) is 15.1. The third-order valence-corrected chi connectivity index (χ3v) is 4.24. The van der Waals surface area contributed by atoms with Crippen LogP contribution >= 0.6 is 12.6 Å². The van der Waals surface area contributed by atoms with Crippen molar-refractivity contribution in [2.24, 2.45) is 11.7 Å². The Labute approximate surface area is 157 Å². The number of aliphatic carboxylic acids is 1. The molecule has 10 nitrogen and oxygen atoms in total. The molecule has 0 aromatic rings. The van der Waals surface area contributed by atoms with E-state index in [4.69, 9.17) is 15.9 Å². The molecule has 0 rings (SSSR count). The second kappa shape index (κ2) is 11.7. The third-order valence-electron chi connectivity index (χ3n) is 3.87. The number of carbonyl (C=O) groups is 4. The lowest BCUT2D eigenvalue weighted by Gasteiger charge is -2.27. The van der Waals surface area contributed by atoms with Crippen molar-refractivity contribution in [2.45, 2.75) is 51.4 Å². The number of thiol groups is 1. The predicted molar refractivity (Wildman–Crippen MR) is 97.5 cm³/mol. The van der Waals surface area contributed by atoms with Crippen LogP contribution in [0.3, 0.4) is 0 Å². The topological polar surface area (TPSA) is 171 Å². The normalized spacial score (nSPS) is 16.5. The van der Waals surface area contributed by atoms with Crippen molar-refractivity contribution in [1.82, 2.24) is 16.0 Å². The summed E-state index contributed by atoms with van der Waals surface area (Å²) in [4.78, 5) is 47.3. The van der Waals surface area contributed by atoms with Crippen molar-refractivity contribution in [3.8, 4) is 0 Å². The Morgan fingerprint density at radius 3 is 2.04 bits per heavy atom. The maximum absolute atomic E-state index is 12.5. The molecule has 0 aliphatic carbocycles. The summed E-state index contributed by atoms with van der Waals surface area (Å²) in [5, 5.41) is 24.9. The van der Waals surface area contributed by atoms with Crippen LogP contribution in [0, 0.1) is 5.92 Å². The maximum atomic E-state index is 12.5. The average Bonchev–Trinajstić information content (AvgIpc) is 2.61. The molecule has 11 heteroatoms. The summed E-state index contributed by atoms with van der Waals surface area (Å²) in [6.45, 7) is 4.27. The van der Waals surface area contributed by atoms with Crippen molar-refractivity contribution < 1.29 is 29.4 Å². The van der Waals surface area contributed by atoms with E-state index in [0.29, 0.717) is 6.42 Å². The molecule has 7 N–H and O–H groups in total. The Balaban J connectivity index is 5.11. The zero-order valence-corrected chi connectivity index (χ0v) is 16.0. The van der Waals surface area contributed by atoms with Crippen LogP contribution in [-0.4, -0.2) is 70.4 Å². The molecule has 0 aromatic carbocycles. The van der Waals surface area contributed by atoms with Crippen LogP contribution in [0.15, 0.2) is 0 Å². The lowest BCUT2D eigenvalue weighted by molar-refractivity contribution is -0.141. The highest BCUT2D eigenvalue weighted by atomic mass is 32.1. The molecule has 3 amide bonds. The zero-order chi connectivity index (χ0) is 20.4. The van der Waals surface area contributed by atoms with E-state index in [1.54, 1.807) is 6.92 Å². The number of hydrogen-bond acceptors (Lipinski definition) is 7. The molecule has 0 unspecified atom stereocenters. The number of nitrogens with two attached hydrogens (primary N) is 1. The van der Waals surface area contributed by atoms with Gasteiger partial charge in [0.1, 0.15) is 24.2 Å². The first kappa shape index (κ1) is 24.1. The Bertz CT molecular complexity index is 518. The van der Waals surface area contributed by atoms with Crippen molar-refractivity contribution in [3.05, 3.63) is 0 Å². The van der Waals surface area contributed by atoms with Crippen LogP contribution in [0.2, 0.25) is 0 Å². The predicted octanol–water partition coefficient (Wildman–Crippen LogP) is -2.16. The number of nitrogens with one attached hydrogen (secondary N) is 3. The van der Waals surface area contributed by atoms with Crippen LogP contribution in [0.25, 0.3) is 0 Å². The number of carboxylic acids is 1. The molecule has 0 heterocycles. The van der Waals surface area contributed by atoms with Crippen LogP contribution in [0.4, 0.5) is 0 Å². The second-order valence-corrected chi connectivity index (χ2v) is 6.34. The Morgan fingerprint density at radius 1 is 1.04 bits per heavy atom. The van der Waals surface area contributed by atoms with Gasteiger partial charge in [0, 0.05) is 5.75 Å².